The van der Waals surface area contributed by atoms with Gasteiger partial charge >= 0.3 is 11.9 Å². The monoisotopic (exact) mass is 927 g/mol. The predicted octanol–water partition coefficient (Wildman–Crippen LogP) is -6.15. The molecule has 0 aliphatic carbocycles. The first-order chi connectivity index (χ1) is 30.0. The van der Waals surface area contributed by atoms with Gasteiger partial charge in [0, 0.05) is 18.8 Å². The van der Waals surface area contributed by atoms with Crippen LogP contribution in [0, 0.1) is 5.92 Å². The second-order valence-electron chi connectivity index (χ2n) is 15.6. The van der Waals surface area contributed by atoms with Gasteiger partial charge in [-0.2, -0.15) is 12.6 Å². The Balaban J connectivity index is 2.12. The Morgan fingerprint density at radius 2 is 1.41 bits per heavy atom. The summed E-state index contributed by atoms with van der Waals surface area (Å²) < 4.78 is 0. The topological polar surface area (TPSA) is 418 Å². The number of carboxylic acid groups (broad SMARTS) is 2. The van der Waals surface area contributed by atoms with Gasteiger partial charge < -0.3 is 74.8 Å². The van der Waals surface area contributed by atoms with Crippen molar-refractivity contribution in [3.63, 3.8) is 0 Å². The molecule has 9 amide bonds. The van der Waals surface area contributed by atoms with Gasteiger partial charge in [0.15, 0.2) is 5.96 Å². The fourth-order valence-corrected chi connectivity index (χ4v) is 6.92. The Morgan fingerprint density at radius 3 is 1.97 bits per heavy atom. The number of aliphatic carboxylic acids is 2. The number of rotatable bonds is 26. The average Bonchev–Trinajstić information content (AvgIpc) is 3.94. The Labute approximate surface area is 373 Å². The van der Waals surface area contributed by atoms with E-state index in [0.717, 1.165) is 11.3 Å². The lowest BCUT2D eigenvalue weighted by atomic mass is 10.0. The highest BCUT2D eigenvalue weighted by Gasteiger charge is 2.40. The van der Waals surface area contributed by atoms with E-state index < -0.39 is 139 Å². The van der Waals surface area contributed by atoms with Crippen LogP contribution in [0.4, 0.5) is 0 Å². The largest absolute Gasteiger partial charge is 0.481 e. The van der Waals surface area contributed by atoms with Crippen molar-refractivity contribution in [1.29, 1.82) is 0 Å². The standard InChI is InChI=1S/C37H61N13O13S/c1-17(2)28(34(60)44-18(3)36(62)63)49-32(58)21(14-27(53)54)47-33(59)24-9-6-12-50(24)35(61)22(13-25(38)51)45-26(52)15-43-29(55)23(16-64)48-31(57)20(8-5-11-42-37(39)40)46-30(56)19-7-4-10-41-19/h17-24,28,41,64H,4-16H2,1-3H3,(H2,38,51)(H,43,55)(H,44,60)(H,45,52)(H,46,56)(H,47,59)(H,48,57)(H,49,58)(H,53,54)(H,62,63)(H4,39,40,42)/t18-,19-,20-,21-,22-,23-,24-,28-/m0/s1. The Hall–Kier alpha value is -6.25. The molecule has 8 atom stereocenters. The van der Waals surface area contributed by atoms with Crippen molar-refractivity contribution >= 4 is 83.7 Å². The lowest BCUT2D eigenvalue weighted by Crippen LogP contribution is -2.60. The smallest absolute Gasteiger partial charge is 0.325 e. The maximum Gasteiger partial charge on any atom is 0.325 e. The SMILES string of the molecule is CC(C)[C@H](NC(=O)[C@H](CC(=O)O)NC(=O)[C@@H]1CCCN1C(=O)[C@H](CC(N)=O)NC(=O)CNC(=O)[C@H](CS)NC(=O)[C@H](CCCN=C(N)N)NC(=O)[C@@H]1CCCN1)C(=O)N[C@@H](C)C(=O)O. The Kier molecular flexibility index (Phi) is 22.2. The first-order valence-electron chi connectivity index (χ1n) is 20.6. The van der Waals surface area contributed by atoms with Crippen molar-refractivity contribution in [2.75, 3.05) is 31.9 Å². The number of carbonyl (C=O) groups is 11. The van der Waals surface area contributed by atoms with E-state index in [-0.39, 0.29) is 44.1 Å². The summed E-state index contributed by atoms with van der Waals surface area (Å²) in [6, 6.07) is -10.3. The third-order valence-electron chi connectivity index (χ3n) is 10.1. The number of nitrogens with one attached hydrogen (secondary N) is 8. The summed E-state index contributed by atoms with van der Waals surface area (Å²) in [5.41, 5.74) is 16.1. The zero-order chi connectivity index (χ0) is 48.3. The van der Waals surface area contributed by atoms with E-state index in [1.165, 1.54) is 20.8 Å². The van der Waals surface area contributed by atoms with Gasteiger partial charge in [-0.25, -0.2) is 0 Å². The number of nitrogens with two attached hydrogens (primary N) is 3. The molecular weight excluding hydrogens is 867 g/mol. The van der Waals surface area contributed by atoms with E-state index in [4.69, 9.17) is 22.3 Å². The number of likely N-dealkylation sites (tertiary alicyclic amines) is 1. The van der Waals surface area contributed by atoms with Crippen LogP contribution < -0.4 is 59.7 Å². The van der Waals surface area contributed by atoms with Crippen molar-refractivity contribution in [3.05, 3.63) is 0 Å². The lowest BCUT2D eigenvalue weighted by Gasteiger charge is -2.30. The van der Waals surface area contributed by atoms with Crippen LogP contribution in [-0.4, -0.2) is 166 Å². The van der Waals surface area contributed by atoms with Crippen molar-refractivity contribution in [2.45, 2.75) is 120 Å². The highest BCUT2D eigenvalue weighted by Crippen LogP contribution is 2.20. The molecule has 2 aliphatic rings. The van der Waals surface area contributed by atoms with Crippen LogP contribution in [0.3, 0.4) is 0 Å². The second kappa shape index (κ2) is 26.4. The Bertz CT molecular complexity index is 1770. The molecule has 0 aromatic heterocycles. The van der Waals surface area contributed by atoms with Gasteiger partial charge in [0.2, 0.25) is 53.2 Å². The van der Waals surface area contributed by atoms with Crippen molar-refractivity contribution in [1.82, 2.24) is 47.4 Å². The molecule has 2 rings (SSSR count). The van der Waals surface area contributed by atoms with Crippen LogP contribution >= 0.6 is 12.6 Å². The molecule has 0 unspecified atom stereocenters. The second-order valence-corrected chi connectivity index (χ2v) is 15.9. The van der Waals surface area contributed by atoms with E-state index in [2.05, 4.69) is 60.2 Å². The Morgan fingerprint density at radius 1 is 0.750 bits per heavy atom. The summed E-state index contributed by atoms with van der Waals surface area (Å²) in [5.74, 6) is -11.8. The molecular formula is C37H61N13O13S. The number of aliphatic imine (C=N–C) groups is 1. The number of thiol groups is 1. The van der Waals surface area contributed by atoms with Gasteiger partial charge in [-0.15, -0.1) is 0 Å². The number of hydrogen-bond acceptors (Lipinski definition) is 14. The predicted molar refractivity (Wildman–Crippen MR) is 228 cm³/mol. The van der Waals surface area contributed by atoms with Gasteiger partial charge in [-0.05, 0) is 57.9 Å². The summed E-state index contributed by atoms with van der Waals surface area (Å²) >= 11 is 4.14. The van der Waals surface area contributed by atoms with E-state index in [1.807, 2.05) is 0 Å². The molecule has 0 radical (unpaired) electrons. The number of carbonyl (C=O) groups excluding carboxylic acids is 9. The van der Waals surface area contributed by atoms with Crippen molar-refractivity contribution in [3.8, 4) is 0 Å². The summed E-state index contributed by atoms with van der Waals surface area (Å²) in [6.45, 7) is 4.22. The van der Waals surface area contributed by atoms with Gasteiger partial charge in [0.1, 0.15) is 42.3 Å². The van der Waals surface area contributed by atoms with Crippen LogP contribution in [0.25, 0.3) is 0 Å². The first kappa shape index (κ1) is 53.9. The van der Waals surface area contributed by atoms with E-state index >= 15 is 0 Å². The van der Waals surface area contributed by atoms with Crippen LogP contribution in [0.15, 0.2) is 4.99 Å². The molecule has 2 aliphatic heterocycles. The molecule has 0 bridgehead atoms. The highest BCUT2D eigenvalue weighted by molar-refractivity contribution is 7.80. The number of hydrogen-bond donors (Lipinski definition) is 14. The molecule has 2 heterocycles. The minimum absolute atomic E-state index is 0.0193. The molecule has 26 nitrogen and oxygen atoms in total. The van der Waals surface area contributed by atoms with Crippen LogP contribution in [0.2, 0.25) is 0 Å². The van der Waals surface area contributed by atoms with E-state index in [0.29, 0.717) is 19.4 Å². The molecule has 0 aromatic carbocycles. The van der Waals surface area contributed by atoms with Crippen LogP contribution in [-0.2, 0) is 52.7 Å². The molecule has 0 spiro atoms. The molecule has 2 saturated heterocycles. The van der Waals surface area contributed by atoms with E-state index in [9.17, 15) is 57.8 Å². The fourth-order valence-electron chi connectivity index (χ4n) is 6.67. The minimum atomic E-state index is -1.76. The maximum absolute atomic E-state index is 13.8. The molecule has 16 N–H and O–H groups in total. The summed E-state index contributed by atoms with van der Waals surface area (Å²) in [5, 5.41) is 38.4. The van der Waals surface area contributed by atoms with E-state index in [1.54, 1.807) is 0 Å². The highest BCUT2D eigenvalue weighted by atomic mass is 32.1. The molecule has 27 heteroatoms. The summed E-state index contributed by atoms with van der Waals surface area (Å²) in [4.78, 5) is 146. The van der Waals surface area contributed by atoms with Crippen molar-refractivity contribution < 1.29 is 63.0 Å². The van der Waals surface area contributed by atoms with Crippen LogP contribution in [0.1, 0.15) is 72.1 Å². The maximum atomic E-state index is 13.8. The third kappa shape index (κ3) is 17.9. The molecule has 358 valence electrons. The quantitative estimate of drug-likeness (QED) is 0.0166. The molecule has 64 heavy (non-hydrogen) atoms. The number of guanidine groups is 1. The summed E-state index contributed by atoms with van der Waals surface area (Å²) in [7, 11) is 0. The first-order valence-corrected chi connectivity index (χ1v) is 21.2. The zero-order valence-electron chi connectivity index (χ0n) is 35.8. The summed E-state index contributed by atoms with van der Waals surface area (Å²) in [6.07, 6.45) is 0.296. The number of primary amides is 1. The van der Waals surface area contributed by atoms with Gasteiger partial charge in [0.25, 0.3) is 0 Å². The van der Waals surface area contributed by atoms with Gasteiger partial charge in [0.05, 0.1) is 25.4 Å². The number of amides is 9. The van der Waals surface area contributed by atoms with Gasteiger partial charge in [-0.1, -0.05) is 13.8 Å². The third-order valence-corrected chi connectivity index (χ3v) is 10.4. The lowest BCUT2D eigenvalue weighted by molar-refractivity contribution is -0.145. The average molecular weight is 928 g/mol. The molecule has 0 aromatic rings. The van der Waals surface area contributed by atoms with Gasteiger partial charge in [-0.3, -0.25) is 57.7 Å². The fraction of sp³-hybridized carbons (Fsp3) is 0.676. The normalized spacial score (nSPS) is 18.4. The molecule has 0 saturated carbocycles. The minimum Gasteiger partial charge on any atom is -0.481 e. The molecule has 2 fully saturated rings. The zero-order valence-corrected chi connectivity index (χ0v) is 36.7. The van der Waals surface area contributed by atoms with Crippen LogP contribution in [0.5, 0.6) is 0 Å². The van der Waals surface area contributed by atoms with Crippen molar-refractivity contribution in [2.24, 2.45) is 28.1 Å². The number of carboxylic acids is 2. The number of nitrogens with zero attached hydrogens (tertiary/aromatic N) is 2.